The standard InChI is InChI=1S/C20H21FN4O/c21-17-8-6-16(7-9-17)14-19-22-20(26-23-19)15-24-10-12-25(13-11-24)18-4-2-1-3-5-18/h1-9H,10-15H2. The molecule has 0 spiro atoms. The van der Waals surface area contributed by atoms with Gasteiger partial charge < -0.3 is 9.42 Å². The summed E-state index contributed by atoms with van der Waals surface area (Å²) in [4.78, 5) is 9.19. The van der Waals surface area contributed by atoms with Crippen molar-refractivity contribution in [1.29, 1.82) is 0 Å². The molecule has 0 unspecified atom stereocenters. The van der Waals surface area contributed by atoms with Gasteiger partial charge in [0.05, 0.1) is 6.54 Å². The van der Waals surface area contributed by atoms with Gasteiger partial charge in [0.25, 0.3) is 0 Å². The number of nitrogens with zero attached hydrogens (tertiary/aromatic N) is 4. The SMILES string of the molecule is Fc1ccc(Cc2noc(CN3CCN(c4ccccc4)CC3)n2)cc1. The highest BCUT2D eigenvalue weighted by Crippen LogP contribution is 2.16. The maximum absolute atomic E-state index is 13.0. The van der Waals surface area contributed by atoms with Crippen LogP contribution in [0.1, 0.15) is 17.3 Å². The van der Waals surface area contributed by atoms with Crippen molar-refractivity contribution >= 4 is 5.69 Å². The molecule has 2 heterocycles. The molecule has 6 heteroatoms. The lowest BCUT2D eigenvalue weighted by Crippen LogP contribution is -2.46. The van der Waals surface area contributed by atoms with Crippen molar-refractivity contribution in [1.82, 2.24) is 15.0 Å². The number of rotatable bonds is 5. The first kappa shape index (κ1) is 16.7. The first-order valence-corrected chi connectivity index (χ1v) is 8.84. The van der Waals surface area contributed by atoms with Crippen molar-refractivity contribution in [3.63, 3.8) is 0 Å². The molecule has 0 atom stereocenters. The van der Waals surface area contributed by atoms with Gasteiger partial charge in [-0.05, 0) is 29.8 Å². The largest absolute Gasteiger partial charge is 0.369 e. The van der Waals surface area contributed by atoms with Gasteiger partial charge in [-0.15, -0.1) is 0 Å². The van der Waals surface area contributed by atoms with Crippen molar-refractivity contribution in [2.75, 3.05) is 31.1 Å². The lowest BCUT2D eigenvalue weighted by atomic mass is 10.1. The highest BCUT2D eigenvalue weighted by molar-refractivity contribution is 5.46. The van der Waals surface area contributed by atoms with Crippen LogP contribution in [0.15, 0.2) is 59.1 Å². The maximum atomic E-state index is 13.0. The first-order chi connectivity index (χ1) is 12.8. The van der Waals surface area contributed by atoms with Crippen LogP contribution in [0.4, 0.5) is 10.1 Å². The zero-order valence-electron chi connectivity index (χ0n) is 14.5. The Morgan fingerprint density at radius 3 is 2.38 bits per heavy atom. The fourth-order valence-electron chi connectivity index (χ4n) is 3.21. The number of piperazine rings is 1. The number of anilines is 1. The molecule has 1 saturated heterocycles. The Morgan fingerprint density at radius 1 is 0.923 bits per heavy atom. The highest BCUT2D eigenvalue weighted by Gasteiger charge is 2.19. The van der Waals surface area contributed by atoms with E-state index in [0.717, 1.165) is 31.7 Å². The molecular weight excluding hydrogens is 331 g/mol. The Kier molecular flexibility index (Phi) is 4.93. The minimum Gasteiger partial charge on any atom is -0.369 e. The Balaban J connectivity index is 1.30. The Labute approximate surface area is 152 Å². The molecule has 4 rings (SSSR count). The minimum atomic E-state index is -0.239. The van der Waals surface area contributed by atoms with Crippen LogP contribution in [0.2, 0.25) is 0 Å². The summed E-state index contributed by atoms with van der Waals surface area (Å²) in [5.74, 6) is 1.03. The number of benzene rings is 2. The Morgan fingerprint density at radius 2 is 1.65 bits per heavy atom. The van der Waals surface area contributed by atoms with E-state index in [9.17, 15) is 4.39 Å². The van der Waals surface area contributed by atoms with E-state index in [2.05, 4.69) is 44.2 Å². The zero-order valence-corrected chi connectivity index (χ0v) is 14.5. The average Bonchev–Trinajstić information content (AvgIpc) is 3.12. The van der Waals surface area contributed by atoms with Crippen molar-refractivity contribution < 1.29 is 8.91 Å². The normalized spacial score (nSPS) is 15.3. The van der Waals surface area contributed by atoms with E-state index in [4.69, 9.17) is 4.52 Å². The van der Waals surface area contributed by atoms with E-state index in [-0.39, 0.29) is 5.82 Å². The van der Waals surface area contributed by atoms with Gasteiger partial charge in [0.15, 0.2) is 5.82 Å². The molecule has 5 nitrogen and oxygen atoms in total. The number of para-hydroxylation sites is 1. The molecule has 0 amide bonds. The second-order valence-corrected chi connectivity index (χ2v) is 6.51. The molecule has 2 aromatic carbocycles. The fraction of sp³-hybridized carbons (Fsp3) is 0.300. The van der Waals surface area contributed by atoms with E-state index in [1.807, 2.05) is 6.07 Å². The monoisotopic (exact) mass is 352 g/mol. The smallest absolute Gasteiger partial charge is 0.240 e. The Hall–Kier alpha value is -2.73. The highest BCUT2D eigenvalue weighted by atomic mass is 19.1. The third-order valence-corrected chi connectivity index (χ3v) is 4.64. The zero-order chi connectivity index (χ0) is 17.8. The Bertz CT molecular complexity index is 827. The van der Waals surface area contributed by atoms with Crippen LogP contribution in [0.25, 0.3) is 0 Å². The fourth-order valence-corrected chi connectivity index (χ4v) is 3.21. The van der Waals surface area contributed by atoms with E-state index in [1.54, 1.807) is 12.1 Å². The summed E-state index contributed by atoms with van der Waals surface area (Å²) in [6.07, 6.45) is 0.547. The lowest BCUT2D eigenvalue weighted by molar-refractivity contribution is 0.215. The number of halogens is 1. The third kappa shape index (κ3) is 4.08. The molecule has 134 valence electrons. The number of hydrogen-bond acceptors (Lipinski definition) is 5. The maximum Gasteiger partial charge on any atom is 0.240 e. The van der Waals surface area contributed by atoms with Gasteiger partial charge in [0, 0.05) is 38.3 Å². The molecule has 1 aliphatic heterocycles. The summed E-state index contributed by atoms with van der Waals surface area (Å²) in [6.45, 7) is 4.56. The number of aromatic nitrogens is 2. The van der Waals surface area contributed by atoms with E-state index in [1.165, 1.54) is 17.8 Å². The molecule has 1 aliphatic rings. The molecule has 1 fully saturated rings. The molecular formula is C20H21FN4O. The molecule has 0 saturated carbocycles. The van der Waals surface area contributed by atoms with Crippen molar-refractivity contribution in [3.8, 4) is 0 Å². The van der Waals surface area contributed by atoms with Crippen molar-refractivity contribution in [2.24, 2.45) is 0 Å². The molecule has 0 N–H and O–H groups in total. The molecule has 26 heavy (non-hydrogen) atoms. The molecule has 0 radical (unpaired) electrons. The van der Waals surface area contributed by atoms with Gasteiger partial charge in [-0.3, -0.25) is 4.90 Å². The van der Waals surface area contributed by atoms with E-state index >= 15 is 0 Å². The van der Waals surface area contributed by atoms with Gasteiger partial charge in [0.2, 0.25) is 5.89 Å². The predicted molar refractivity (Wildman–Crippen MR) is 97.4 cm³/mol. The topological polar surface area (TPSA) is 45.4 Å². The summed E-state index contributed by atoms with van der Waals surface area (Å²) in [6, 6.07) is 16.9. The predicted octanol–water partition coefficient (Wildman–Crippen LogP) is 3.12. The minimum absolute atomic E-state index is 0.239. The van der Waals surface area contributed by atoms with E-state index in [0.29, 0.717) is 24.7 Å². The summed E-state index contributed by atoms with van der Waals surface area (Å²) in [5.41, 5.74) is 2.24. The van der Waals surface area contributed by atoms with Crippen LogP contribution in [-0.4, -0.2) is 41.2 Å². The van der Waals surface area contributed by atoms with Gasteiger partial charge >= 0.3 is 0 Å². The van der Waals surface area contributed by atoms with Crippen LogP contribution >= 0.6 is 0 Å². The average molecular weight is 352 g/mol. The molecule has 0 aliphatic carbocycles. The summed E-state index contributed by atoms with van der Waals surface area (Å²) in [5, 5.41) is 4.04. The van der Waals surface area contributed by atoms with Gasteiger partial charge in [-0.25, -0.2) is 4.39 Å². The van der Waals surface area contributed by atoms with Gasteiger partial charge in [-0.2, -0.15) is 4.98 Å². The summed E-state index contributed by atoms with van der Waals surface area (Å²) < 4.78 is 18.4. The van der Waals surface area contributed by atoms with Crippen molar-refractivity contribution in [2.45, 2.75) is 13.0 Å². The van der Waals surface area contributed by atoms with Crippen molar-refractivity contribution in [3.05, 3.63) is 77.7 Å². The van der Waals surface area contributed by atoms with Crippen LogP contribution in [0.5, 0.6) is 0 Å². The molecule has 3 aromatic rings. The summed E-state index contributed by atoms with van der Waals surface area (Å²) in [7, 11) is 0. The second kappa shape index (κ2) is 7.66. The summed E-state index contributed by atoms with van der Waals surface area (Å²) >= 11 is 0. The first-order valence-electron chi connectivity index (χ1n) is 8.84. The number of hydrogen-bond donors (Lipinski definition) is 0. The van der Waals surface area contributed by atoms with Crippen LogP contribution in [0, 0.1) is 5.82 Å². The van der Waals surface area contributed by atoms with Crippen LogP contribution in [0.3, 0.4) is 0 Å². The lowest BCUT2D eigenvalue weighted by Gasteiger charge is -2.35. The quantitative estimate of drug-likeness (QED) is 0.706. The third-order valence-electron chi connectivity index (χ3n) is 4.64. The van der Waals surface area contributed by atoms with E-state index < -0.39 is 0 Å². The van der Waals surface area contributed by atoms with Gasteiger partial charge in [-0.1, -0.05) is 35.5 Å². The van der Waals surface area contributed by atoms with Crippen LogP contribution < -0.4 is 4.90 Å². The van der Waals surface area contributed by atoms with Gasteiger partial charge in [0.1, 0.15) is 5.82 Å². The molecule has 0 bridgehead atoms. The second-order valence-electron chi connectivity index (χ2n) is 6.51. The molecule has 1 aromatic heterocycles. The van der Waals surface area contributed by atoms with Crippen LogP contribution in [-0.2, 0) is 13.0 Å².